The first kappa shape index (κ1) is 10.8. The summed E-state index contributed by atoms with van der Waals surface area (Å²) in [5, 5.41) is 8.53. The van der Waals surface area contributed by atoms with E-state index in [0.717, 1.165) is 4.90 Å². The molecule has 1 rings (SSSR count). The summed E-state index contributed by atoms with van der Waals surface area (Å²) >= 11 is 1.34. The predicted molar refractivity (Wildman–Crippen MR) is 55.0 cm³/mol. The van der Waals surface area contributed by atoms with Gasteiger partial charge in [0, 0.05) is 16.8 Å². The molecule has 0 saturated carbocycles. The second kappa shape index (κ2) is 4.83. The Bertz CT molecular complexity index is 315. The highest BCUT2D eigenvalue weighted by Gasteiger charge is 2.11. The van der Waals surface area contributed by atoms with Crippen molar-refractivity contribution in [1.82, 2.24) is 4.98 Å². The van der Waals surface area contributed by atoms with Crippen molar-refractivity contribution in [2.24, 2.45) is 5.73 Å². The molecule has 14 heavy (non-hydrogen) atoms. The number of carbonyl (C=O) groups is 1. The second-order valence-electron chi connectivity index (χ2n) is 2.67. The Labute approximate surface area is 85.5 Å². The minimum atomic E-state index is -0.999. The van der Waals surface area contributed by atoms with Gasteiger partial charge >= 0.3 is 5.97 Å². The third-order valence-electron chi connectivity index (χ3n) is 1.51. The van der Waals surface area contributed by atoms with E-state index in [1.54, 1.807) is 18.3 Å². The van der Waals surface area contributed by atoms with E-state index in [4.69, 9.17) is 16.6 Å². The number of anilines is 1. The van der Waals surface area contributed by atoms with Crippen LogP contribution >= 0.6 is 11.8 Å². The quantitative estimate of drug-likeness (QED) is 0.616. The van der Waals surface area contributed by atoms with Gasteiger partial charge in [-0.2, -0.15) is 0 Å². The van der Waals surface area contributed by atoms with Crippen molar-refractivity contribution in [3.8, 4) is 0 Å². The average Bonchev–Trinajstić information content (AvgIpc) is 2.16. The number of thioether (sulfide) groups is 1. The molecule has 0 fully saturated rings. The van der Waals surface area contributed by atoms with Crippen LogP contribution in [0, 0.1) is 0 Å². The summed E-state index contributed by atoms with van der Waals surface area (Å²) in [6.07, 6.45) is 1.59. The Kier molecular flexibility index (Phi) is 3.73. The van der Waals surface area contributed by atoms with Crippen LogP contribution in [-0.2, 0) is 4.79 Å². The number of hydrogen-bond donors (Lipinski definition) is 3. The molecule has 5 nitrogen and oxygen atoms in total. The van der Waals surface area contributed by atoms with Gasteiger partial charge in [-0.1, -0.05) is 0 Å². The number of carboxylic acids is 1. The molecule has 0 aliphatic carbocycles. The summed E-state index contributed by atoms with van der Waals surface area (Å²) in [7, 11) is 0. The zero-order valence-electron chi connectivity index (χ0n) is 7.38. The molecule has 1 aromatic rings. The number of aliphatic carboxylic acids is 1. The highest BCUT2D eigenvalue weighted by Crippen LogP contribution is 2.17. The van der Waals surface area contributed by atoms with Crippen LogP contribution in [0.1, 0.15) is 0 Å². The van der Waals surface area contributed by atoms with Gasteiger partial charge in [-0.15, -0.1) is 11.8 Å². The first-order chi connectivity index (χ1) is 6.59. The molecule has 1 heterocycles. The van der Waals surface area contributed by atoms with E-state index in [1.807, 2.05) is 0 Å². The minimum absolute atomic E-state index is 0.320. The van der Waals surface area contributed by atoms with Crippen LogP contribution in [0.5, 0.6) is 0 Å². The van der Waals surface area contributed by atoms with E-state index in [1.165, 1.54) is 11.8 Å². The lowest BCUT2D eigenvalue weighted by molar-refractivity contribution is -0.137. The fourth-order valence-electron chi connectivity index (χ4n) is 0.734. The van der Waals surface area contributed by atoms with Crippen molar-refractivity contribution in [2.45, 2.75) is 10.9 Å². The van der Waals surface area contributed by atoms with Crippen molar-refractivity contribution >= 4 is 23.5 Å². The maximum Gasteiger partial charge on any atom is 0.321 e. The Balaban J connectivity index is 2.46. The zero-order chi connectivity index (χ0) is 10.6. The first-order valence-electron chi connectivity index (χ1n) is 3.92. The number of nitrogen functional groups attached to an aromatic ring is 1. The number of carboxylic acid groups (broad SMARTS) is 1. The van der Waals surface area contributed by atoms with Crippen LogP contribution in [0.3, 0.4) is 0 Å². The van der Waals surface area contributed by atoms with E-state index < -0.39 is 12.0 Å². The molecule has 0 bridgehead atoms. The Morgan fingerprint density at radius 3 is 2.86 bits per heavy atom. The minimum Gasteiger partial charge on any atom is -0.480 e. The molecule has 6 heteroatoms. The molecule has 1 unspecified atom stereocenters. The van der Waals surface area contributed by atoms with E-state index in [-0.39, 0.29) is 0 Å². The maximum atomic E-state index is 10.4. The van der Waals surface area contributed by atoms with E-state index in [0.29, 0.717) is 11.6 Å². The van der Waals surface area contributed by atoms with Crippen LogP contribution in [0.2, 0.25) is 0 Å². The third-order valence-corrected chi connectivity index (χ3v) is 2.61. The molecule has 5 N–H and O–H groups in total. The third kappa shape index (κ3) is 3.23. The van der Waals surface area contributed by atoms with Gasteiger partial charge in [-0.25, -0.2) is 4.98 Å². The monoisotopic (exact) mass is 213 g/mol. The second-order valence-corrected chi connectivity index (χ2v) is 3.77. The Hall–Kier alpha value is -1.27. The van der Waals surface area contributed by atoms with Gasteiger partial charge in [0.05, 0.1) is 0 Å². The number of rotatable bonds is 4. The lowest BCUT2D eigenvalue weighted by Crippen LogP contribution is -2.32. The Morgan fingerprint density at radius 1 is 1.64 bits per heavy atom. The molecule has 1 atom stereocenters. The van der Waals surface area contributed by atoms with Crippen molar-refractivity contribution in [2.75, 3.05) is 11.5 Å². The van der Waals surface area contributed by atoms with Crippen LogP contribution in [0.15, 0.2) is 23.2 Å². The average molecular weight is 213 g/mol. The SMILES string of the molecule is Nc1ccc(SCC(N)C(=O)O)cn1. The number of aromatic nitrogens is 1. The normalized spacial score (nSPS) is 12.4. The smallest absolute Gasteiger partial charge is 0.321 e. The Morgan fingerprint density at radius 2 is 2.36 bits per heavy atom. The maximum absolute atomic E-state index is 10.4. The van der Waals surface area contributed by atoms with E-state index in [2.05, 4.69) is 4.98 Å². The molecule has 0 aliphatic rings. The summed E-state index contributed by atoms with van der Waals surface area (Å²) in [5.74, 6) is -0.237. The van der Waals surface area contributed by atoms with Crippen LogP contribution in [0.4, 0.5) is 5.82 Å². The van der Waals surface area contributed by atoms with Gasteiger partial charge in [0.1, 0.15) is 11.9 Å². The summed E-state index contributed by atoms with van der Waals surface area (Å²) in [6, 6.07) is 2.59. The number of pyridine rings is 1. The molecule has 0 amide bonds. The molecule has 76 valence electrons. The van der Waals surface area contributed by atoms with Crippen molar-refractivity contribution < 1.29 is 9.90 Å². The van der Waals surface area contributed by atoms with E-state index >= 15 is 0 Å². The summed E-state index contributed by atoms with van der Waals surface area (Å²) < 4.78 is 0. The zero-order valence-corrected chi connectivity index (χ0v) is 8.20. The van der Waals surface area contributed by atoms with Gasteiger partial charge < -0.3 is 16.6 Å². The standard InChI is InChI=1S/C8H11N3O2S/c9-6(8(12)13)4-14-5-1-2-7(10)11-3-5/h1-3,6H,4,9H2,(H2,10,11)(H,12,13). The van der Waals surface area contributed by atoms with Crippen LogP contribution < -0.4 is 11.5 Å². The van der Waals surface area contributed by atoms with Gasteiger partial charge in [-0.05, 0) is 12.1 Å². The lowest BCUT2D eigenvalue weighted by Gasteiger charge is -2.05. The molecule has 1 aromatic heterocycles. The van der Waals surface area contributed by atoms with Gasteiger partial charge in [-0.3, -0.25) is 4.79 Å². The predicted octanol–water partition coefficient (Wildman–Crippen LogP) is 0.168. The number of hydrogen-bond acceptors (Lipinski definition) is 5. The van der Waals surface area contributed by atoms with Crippen molar-refractivity contribution in [3.63, 3.8) is 0 Å². The molecule has 0 saturated heterocycles. The van der Waals surface area contributed by atoms with Crippen LogP contribution in [-0.4, -0.2) is 27.9 Å². The molecule has 0 aliphatic heterocycles. The highest BCUT2D eigenvalue weighted by atomic mass is 32.2. The topological polar surface area (TPSA) is 102 Å². The molecule has 0 aromatic carbocycles. The summed E-state index contributed by atoms with van der Waals surface area (Å²) in [5.41, 5.74) is 10.7. The van der Waals surface area contributed by atoms with Gasteiger partial charge in [0.2, 0.25) is 0 Å². The highest BCUT2D eigenvalue weighted by molar-refractivity contribution is 7.99. The summed E-state index contributed by atoms with van der Waals surface area (Å²) in [6.45, 7) is 0. The first-order valence-corrected chi connectivity index (χ1v) is 4.91. The van der Waals surface area contributed by atoms with Crippen LogP contribution in [0.25, 0.3) is 0 Å². The van der Waals surface area contributed by atoms with Gasteiger partial charge in [0.25, 0.3) is 0 Å². The molecular weight excluding hydrogens is 202 g/mol. The van der Waals surface area contributed by atoms with E-state index in [9.17, 15) is 4.79 Å². The lowest BCUT2D eigenvalue weighted by atomic mass is 10.4. The summed E-state index contributed by atoms with van der Waals surface area (Å²) in [4.78, 5) is 15.1. The fraction of sp³-hybridized carbons (Fsp3) is 0.250. The van der Waals surface area contributed by atoms with Crippen molar-refractivity contribution in [3.05, 3.63) is 18.3 Å². The molecule has 0 radical (unpaired) electrons. The molecular formula is C8H11N3O2S. The largest absolute Gasteiger partial charge is 0.480 e. The fourth-order valence-corrected chi connectivity index (χ4v) is 1.54. The van der Waals surface area contributed by atoms with Crippen molar-refractivity contribution in [1.29, 1.82) is 0 Å². The number of nitrogens with two attached hydrogens (primary N) is 2. The van der Waals surface area contributed by atoms with Gasteiger partial charge in [0.15, 0.2) is 0 Å². The molecule has 0 spiro atoms. The number of nitrogens with zero attached hydrogens (tertiary/aromatic N) is 1.